The Morgan fingerprint density at radius 3 is 2.18 bits per heavy atom. The van der Waals surface area contributed by atoms with Gasteiger partial charge in [-0.2, -0.15) is 0 Å². The fourth-order valence-corrected chi connectivity index (χ4v) is 15.2. The number of nitrogens with one attached hydrogen (secondary N) is 4. The molecule has 9 aromatic rings. The van der Waals surface area contributed by atoms with Crippen molar-refractivity contribution in [2.75, 3.05) is 20.7 Å². The number of thiazole rings is 6. The Balaban J connectivity index is 1.06. The van der Waals surface area contributed by atoms with Crippen molar-refractivity contribution in [1.82, 2.24) is 65.7 Å². The minimum absolute atomic E-state index is 0.00155. The third kappa shape index (κ3) is 14.8. The molecular weight excluding hydrogens is 1280 g/mol. The van der Waals surface area contributed by atoms with E-state index in [0.717, 1.165) is 22.7 Å². The fraction of sp³-hybridized carbons (Fsp3) is 0.322. The summed E-state index contributed by atoms with van der Waals surface area (Å²) in [4.78, 5) is 146. The number of aliphatic hydroxyl groups excluding tert-OH is 1. The van der Waals surface area contributed by atoms with Gasteiger partial charge in [-0.15, -0.1) is 68.0 Å². The lowest BCUT2D eigenvalue weighted by Gasteiger charge is -2.23. The molecule has 0 spiro atoms. The number of aliphatic hydroxyl groups is 1. The lowest BCUT2D eigenvalue weighted by atomic mass is 9.90. The molecule has 90 heavy (non-hydrogen) atoms. The summed E-state index contributed by atoms with van der Waals surface area (Å²) >= 11 is 7.15. The third-order valence-corrected chi connectivity index (χ3v) is 20.0. The Kier molecular flexibility index (Phi) is 20.4. The molecule has 0 fully saturated rings. The zero-order valence-electron chi connectivity index (χ0n) is 48.7. The molecule has 0 saturated heterocycles. The molecule has 0 saturated carbocycles. The van der Waals surface area contributed by atoms with Crippen molar-refractivity contribution in [2.45, 2.75) is 96.4 Å². The van der Waals surface area contributed by atoms with E-state index in [1.54, 1.807) is 75.5 Å². The zero-order valence-corrected chi connectivity index (χ0v) is 53.6. The average Bonchev–Trinajstić information content (AvgIpc) is 2.05. The summed E-state index contributed by atoms with van der Waals surface area (Å²) in [6, 6.07) is 10.1. The van der Waals surface area contributed by atoms with E-state index in [1.807, 2.05) is 13.8 Å². The van der Waals surface area contributed by atoms with Gasteiger partial charge in [0.15, 0.2) is 11.6 Å². The normalized spacial score (nSPS) is 16.1. The van der Waals surface area contributed by atoms with Crippen LogP contribution in [0.4, 0.5) is 0 Å². The number of Topliss-reactive ketones (excluding diaryl/α,β-unsaturated/α-hetero) is 2. The molecule has 1 unspecified atom stereocenters. The number of carboxylic acids is 2. The largest absolute Gasteiger partial charge is 0.481 e. The van der Waals surface area contributed by atoms with Crippen molar-refractivity contribution in [3.8, 4) is 49.2 Å². The Morgan fingerprint density at radius 1 is 0.722 bits per heavy atom. The number of pyridine rings is 1. The molecule has 4 atom stereocenters. The molecule has 10 rings (SSSR count). The van der Waals surface area contributed by atoms with Crippen LogP contribution in [0.5, 0.6) is 0 Å². The SMILES string of the molecule is CNC(=O)C[C@@H]1NC(=O)c2csc(n2)-c2ccc(-c3nc(-n4cc(C(=O)CCC(=O)O)nc4CCCC(=O)O)cs3)nc2-c2csc(n2)-c2csc(n2)[C@H]([C@@H](O)c2ccccc2)NC(=O)CNC(=O)c2nc(sc2COC)C(C(C)C)CC(=O)c2nc1sc2C. The van der Waals surface area contributed by atoms with Crippen LogP contribution in [0.3, 0.4) is 0 Å². The molecule has 9 heterocycles. The minimum Gasteiger partial charge on any atom is -0.481 e. The Bertz CT molecular complexity index is 4180. The molecule has 1 aromatic carbocycles. The van der Waals surface area contributed by atoms with Crippen LogP contribution in [0.2, 0.25) is 0 Å². The molecule has 31 heteroatoms. The van der Waals surface area contributed by atoms with Crippen molar-refractivity contribution in [1.29, 1.82) is 0 Å². The van der Waals surface area contributed by atoms with E-state index < -0.39 is 78.4 Å². The zero-order chi connectivity index (χ0) is 63.9. The average molecular weight is 1330 g/mol. The van der Waals surface area contributed by atoms with E-state index in [1.165, 1.54) is 65.7 Å². The van der Waals surface area contributed by atoms with Crippen LogP contribution in [0, 0.1) is 12.8 Å². The summed E-state index contributed by atoms with van der Waals surface area (Å²) in [5.41, 5.74) is 2.58. The number of hydrogen-bond acceptors (Lipinski definition) is 24. The first kappa shape index (κ1) is 64.4. The number of benzene rings is 1. The van der Waals surface area contributed by atoms with Gasteiger partial charge < -0.3 is 41.3 Å². The number of ketones is 2. The summed E-state index contributed by atoms with van der Waals surface area (Å²) in [5, 5.41) is 50.8. The number of ether oxygens (including phenoxy) is 1. The molecule has 7 N–H and O–H groups in total. The number of carboxylic acid groups (broad SMARTS) is 2. The number of aryl methyl sites for hydroxylation is 2. The van der Waals surface area contributed by atoms with Crippen LogP contribution in [-0.4, -0.2) is 128 Å². The highest BCUT2D eigenvalue weighted by Crippen LogP contribution is 2.41. The van der Waals surface area contributed by atoms with Crippen LogP contribution in [0.15, 0.2) is 70.2 Å². The monoisotopic (exact) mass is 1330 g/mol. The first-order valence-corrected chi connectivity index (χ1v) is 33.1. The standard InChI is InChI=1S/C59H57N13O12S6/c1-27(2)31-18-39(74)47-28(3)89-58(70-47)33(19-43(75)60-4)64-52(82)36-24-85-54(66-36)30-14-15-32(56-68-42(26-88-56)72-21-34(38(73)16-17-46(79)80)62-41(72)12-9-13-45(77)78)63-48(30)35-23-86-57(65-35)37-25-87-59(67-37)50(51(81)29-10-7-6-8-11-29)69-44(76)20-61-53(83)49-40(22-84-5)90-55(31)71-49/h6-8,10-11,14-15,21,23-27,31,33,50-51,81H,9,12-13,16-20,22H2,1-5H3,(H,60,75)(H,61,83)(H,64,82)(H,69,76)(H,77,78)(H,79,80)/t31?,33-,50-,51-/m0/s1. The second-order valence-corrected chi connectivity index (χ2v) is 26.7. The Morgan fingerprint density at radius 2 is 1.43 bits per heavy atom. The highest BCUT2D eigenvalue weighted by molar-refractivity contribution is 7.15. The molecule has 1 aliphatic rings. The number of aliphatic carboxylic acids is 2. The van der Waals surface area contributed by atoms with Gasteiger partial charge in [0, 0.05) is 83.9 Å². The van der Waals surface area contributed by atoms with Crippen LogP contribution in [-0.2, 0) is 36.9 Å². The molecule has 0 radical (unpaired) electrons. The van der Waals surface area contributed by atoms with Gasteiger partial charge in [-0.05, 0) is 37.0 Å². The third-order valence-electron chi connectivity index (χ3n) is 14.3. The number of hydrogen-bond donors (Lipinski definition) is 7. The number of fused-ring (bicyclic) bond motifs is 14. The number of amides is 4. The molecular formula is C59H57N13O12S6. The number of imidazole rings is 1. The van der Waals surface area contributed by atoms with Gasteiger partial charge in [-0.3, -0.25) is 42.9 Å². The first-order valence-electron chi connectivity index (χ1n) is 28.0. The van der Waals surface area contributed by atoms with Gasteiger partial charge >= 0.3 is 11.9 Å². The van der Waals surface area contributed by atoms with E-state index >= 15 is 0 Å². The Hall–Kier alpha value is -8.56. The minimum atomic E-state index is -1.30. The van der Waals surface area contributed by atoms with E-state index in [9.17, 15) is 53.7 Å². The summed E-state index contributed by atoms with van der Waals surface area (Å²) in [5.74, 6) is -5.32. The first-order chi connectivity index (χ1) is 43.2. The number of nitrogens with zero attached hydrogens (tertiary/aromatic N) is 9. The summed E-state index contributed by atoms with van der Waals surface area (Å²) in [6.07, 6.45) is -0.639. The van der Waals surface area contributed by atoms with E-state index in [0.29, 0.717) is 85.3 Å². The maximum absolute atomic E-state index is 14.4. The van der Waals surface area contributed by atoms with E-state index in [-0.39, 0.29) is 79.6 Å². The summed E-state index contributed by atoms with van der Waals surface area (Å²) in [6.45, 7) is 5.09. The van der Waals surface area contributed by atoms with Gasteiger partial charge in [-0.1, -0.05) is 44.2 Å². The predicted octanol–water partition coefficient (Wildman–Crippen LogP) is 8.84. The summed E-state index contributed by atoms with van der Waals surface area (Å²) < 4.78 is 7.04. The second-order valence-electron chi connectivity index (χ2n) is 20.9. The number of methoxy groups -OCH3 is 1. The second kappa shape index (κ2) is 28.5. The molecule has 4 amide bonds. The lowest BCUT2D eigenvalue weighted by molar-refractivity contribution is -0.138. The molecule has 0 aliphatic carbocycles. The number of carbonyl (C=O) groups is 8. The van der Waals surface area contributed by atoms with Crippen molar-refractivity contribution in [3.05, 3.63) is 129 Å². The van der Waals surface area contributed by atoms with Crippen LogP contribution < -0.4 is 21.3 Å². The van der Waals surface area contributed by atoms with Gasteiger partial charge in [0.1, 0.15) is 88.7 Å². The quantitative estimate of drug-likeness (QED) is 0.0418. The van der Waals surface area contributed by atoms with Gasteiger partial charge in [0.05, 0.1) is 47.6 Å². The van der Waals surface area contributed by atoms with E-state index in [4.69, 9.17) is 39.6 Å². The van der Waals surface area contributed by atoms with Gasteiger partial charge in [0.25, 0.3) is 11.8 Å². The van der Waals surface area contributed by atoms with Crippen LogP contribution in [0.1, 0.15) is 155 Å². The van der Waals surface area contributed by atoms with E-state index in [2.05, 4.69) is 26.3 Å². The van der Waals surface area contributed by atoms with Crippen molar-refractivity contribution >= 4 is 115 Å². The molecule has 466 valence electrons. The van der Waals surface area contributed by atoms with Gasteiger partial charge in [0.2, 0.25) is 11.8 Å². The molecule has 25 nitrogen and oxygen atoms in total. The Labute approximate surface area is 537 Å². The highest BCUT2D eigenvalue weighted by atomic mass is 32.1. The molecule has 1 aliphatic heterocycles. The predicted molar refractivity (Wildman–Crippen MR) is 337 cm³/mol. The van der Waals surface area contributed by atoms with Crippen molar-refractivity contribution < 1.29 is 58.4 Å². The number of aromatic nitrogens is 9. The maximum atomic E-state index is 14.4. The van der Waals surface area contributed by atoms with Crippen LogP contribution in [0.25, 0.3) is 49.2 Å². The fourth-order valence-electron chi connectivity index (χ4n) is 9.62. The maximum Gasteiger partial charge on any atom is 0.303 e. The lowest BCUT2D eigenvalue weighted by Crippen LogP contribution is -2.40. The molecule has 10 bridgehead atoms. The van der Waals surface area contributed by atoms with Gasteiger partial charge in [-0.25, -0.2) is 39.9 Å². The topological polar surface area (TPSA) is 363 Å². The number of rotatable bonds is 17. The molecule has 8 aromatic heterocycles. The van der Waals surface area contributed by atoms with Crippen LogP contribution >= 0.6 is 68.0 Å². The summed E-state index contributed by atoms with van der Waals surface area (Å²) in [7, 11) is 2.94. The highest BCUT2D eigenvalue weighted by Gasteiger charge is 2.33. The smallest absolute Gasteiger partial charge is 0.303 e. The van der Waals surface area contributed by atoms with Crippen molar-refractivity contribution in [2.24, 2.45) is 5.92 Å². The number of carbonyl (C=O) groups excluding carboxylic acids is 6. The van der Waals surface area contributed by atoms with Crippen molar-refractivity contribution in [3.63, 3.8) is 0 Å².